The third-order valence-corrected chi connectivity index (χ3v) is 3.06. The van der Waals surface area contributed by atoms with Crippen molar-refractivity contribution in [1.29, 1.82) is 5.26 Å². The molecule has 1 aromatic carbocycles. The highest BCUT2D eigenvalue weighted by Crippen LogP contribution is 2.25. The Morgan fingerprint density at radius 1 is 1.29 bits per heavy atom. The van der Waals surface area contributed by atoms with Gasteiger partial charge in [0.25, 0.3) is 5.91 Å². The summed E-state index contributed by atoms with van der Waals surface area (Å²) in [4.78, 5) is 16.7. The summed E-state index contributed by atoms with van der Waals surface area (Å²) in [6.45, 7) is -0.0361. The Hall–Kier alpha value is -3.13. The van der Waals surface area contributed by atoms with Crippen molar-refractivity contribution in [3.8, 4) is 17.5 Å². The smallest absolute Gasteiger partial charge is 0.252 e. The van der Waals surface area contributed by atoms with Gasteiger partial charge in [-0.2, -0.15) is 5.26 Å². The zero-order valence-corrected chi connectivity index (χ0v) is 11.0. The van der Waals surface area contributed by atoms with E-state index in [9.17, 15) is 4.79 Å². The summed E-state index contributed by atoms with van der Waals surface area (Å²) < 4.78 is 5.34. The first-order valence-corrected chi connectivity index (χ1v) is 6.38. The number of nitrogens with zero attached hydrogens (tertiary/aromatic N) is 2. The molecule has 0 aliphatic rings. The van der Waals surface area contributed by atoms with E-state index in [1.807, 2.05) is 30.3 Å². The lowest BCUT2D eigenvalue weighted by Crippen LogP contribution is -2.23. The molecule has 0 saturated heterocycles. The van der Waals surface area contributed by atoms with E-state index in [4.69, 9.17) is 9.68 Å². The summed E-state index contributed by atoms with van der Waals surface area (Å²) in [7, 11) is 0. The second kappa shape index (κ2) is 5.47. The second-order valence-corrected chi connectivity index (χ2v) is 4.39. The lowest BCUT2D eigenvalue weighted by atomic mass is 10.1. The molecule has 0 unspecified atom stereocenters. The van der Waals surface area contributed by atoms with E-state index in [0.717, 1.165) is 5.39 Å². The number of benzene rings is 1. The van der Waals surface area contributed by atoms with Gasteiger partial charge in [-0.05, 0) is 24.3 Å². The first-order valence-electron chi connectivity index (χ1n) is 6.38. The number of aromatic nitrogens is 1. The van der Waals surface area contributed by atoms with Crippen LogP contribution in [0.15, 0.2) is 53.1 Å². The van der Waals surface area contributed by atoms with Crippen LogP contribution < -0.4 is 5.32 Å². The number of amides is 1. The lowest BCUT2D eigenvalue weighted by Gasteiger charge is -2.08. The fourth-order valence-corrected chi connectivity index (χ4v) is 2.13. The maximum absolute atomic E-state index is 12.2. The number of carbonyl (C=O) groups is 1. The molecule has 0 aliphatic carbocycles. The number of para-hydroxylation sites is 1. The minimum absolute atomic E-state index is 0.0361. The summed E-state index contributed by atoms with van der Waals surface area (Å²) >= 11 is 0. The van der Waals surface area contributed by atoms with Crippen LogP contribution in [-0.4, -0.2) is 17.4 Å². The van der Waals surface area contributed by atoms with Crippen molar-refractivity contribution in [3.05, 3.63) is 54.3 Å². The zero-order chi connectivity index (χ0) is 14.7. The van der Waals surface area contributed by atoms with Crippen LogP contribution in [0.5, 0.6) is 0 Å². The number of nitrogens with one attached hydrogen (secondary N) is 1. The molecular formula is C16H11N3O2. The van der Waals surface area contributed by atoms with Gasteiger partial charge in [-0.3, -0.25) is 4.79 Å². The molecule has 5 nitrogen and oxygen atoms in total. The average Bonchev–Trinajstić information content (AvgIpc) is 3.06. The van der Waals surface area contributed by atoms with E-state index >= 15 is 0 Å². The number of carbonyl (C=O) groups excluding carboxylic acids is 1. The number of hydrogen-bond donors (Lipinski definition) is 1. The zero-order valence-electron chi connectivity index (χ0n) is 11.0. The van der Waals surface area contributed by atoms with E-state index < -0.39 is 0 Å². The number of fused-ring (bicyclic) bond motifs is 1. The van der Waals surface area contributed by atoms with Gasteiger partial charge in [-0.1, -0.05) is 18.2 Å². The highest BCUT2D eigenvalue weighted by atomic mass is 16.3. The lowest BCUT2D eigenvalue weighted by molar-refractivity contribution is 0.0960. The molecular weight excluding hydrogens is 266 g/mol. The second-order valence-electron chi connectivity index (χ2n) is 4.39. The Kier molecular flexibility index (Phi) is 3.36. The molecule has 0 spiro atoms. The molecule has 3 rings (SSSR count). The average molecular weight is 277 g/mol. The van der Waals surface area contributed by atoms with E-state index in [1.54, 1.807) is 24.5 Å². The molecule has 0 aliphatic heterocycles. The van der Waals surface area contributed by atoms with Gasteiger partial charge in [0.15, 0.2) is 5.76 Å². The van der Waals surface area contributed by atoms with Crippen molar-refractivity contribution in [1.82, 2.24) is 10.3 Å². The first-order chi connectivity index (χ1) is 10.3. The summed E-state index contributed by atoms with van der Waals surface area (Å²) in [5, 5.41) is 11.9. The van der Waals surface area contributed by atoms with Crippen LogP contribution in [0.2, 0.25) is 0 Å². The monoisotopic (exact) mass is 277 g/mol. The quantitative estimate of drug-likeness (QED) is 0.746. The standard InChI is InChI=1S/C16H11N3O2/c17-7-8-18-16(20)12-10-14(15-6-3-9-21-15)19-13-5-2-1-4-11(12)13/h1-6,9-10H,8H2,(H,18,20). The number of hydrogen-bond acceptors (Lipinski definition) is 4. The molecule has 0 radical (unpaired) electrons. The van der Waals surface area contributed by atoms with Gasteiger partial charge in [0, 0.05) is 5.39 Å². The van der Waals surface area contributed by atoms with Crippen LogP contribution in [0, 0.1) is 11.3 Å². The van der Waals surface area contributed by atoms with Crippen LogP contribution in [0.1, 0.15) is 10.4 Å². The maximum Gasteiger partial charge on any atom is 0.252 e. The van der Waals surface area contributed by atoms with Crippen molar-refractivity contribution < 1.29 is 9.21 Å². The molecule has 3 aromatic rings. The van der Waals surface area contributed by atoms with Crippen LogP contribution in [-0.2, 0) is 0 Å². The van der Waals surface area contributed by atoms with Crippen molar-refractivity contribution >= 4 is 16.8 Å². The SMILES string of the molecule is N#CCNC(=O)c1cc(-c2ccco2)nc2ccccc12. The first kappa shape index (κ1) is 12.9. The fraction of sp³-hybridized carbons (Fsp3) is 0.0625. The fourth-order valence-electron chi connectivity index (χ4n) is 2.13. The third-order valence-electron chi connectivity index (χ3n) is 3.06. The predicted molar refractivity (Wildman–Crippen MR) is 77.4 cm³/mol. The van der Waals surface area contributed by atoms with Crippen molar-refractivity contribution in [2.75, 3.05) is 6.54 Å². The van der Waals surface area contributed by atoms with Crippen LogP contribution in [0.4, 0.5) is 0 Å². The van der Waals surface area contributed by atoms with Crippen molar-refractivity contribution in [2.45, 2.75) is 0 Å². The molecule has 2 aromatic heterocycles. The molecule has 102 valence electrons. The Balaban J connectivity index is 2.16. The molecule has 0 saturated carbocycles. The number of furan rings is 1. The van der Waals surface area contributed by atoms with Crippen molar-refractivity contribution in [3.63, 3.8) is 0 Å². The van der Waals surface area contributed by atoms with Gasteiger partial charge in [0.1, 0.15) is 12.2 Å². The maximum atomic E-state index is 12.2. The van der Waals surface area contributed by atoms with Gasteiger partial charge in [0.05, 0.1) is 23.4 Å². The van der Waals surface area contributed by atoms with E-state index in [1.165, 1.54) is 0 Å². The molecule has 0 atom stereocenters. The van der Waals surface area contributed by atoms with Gasteiger partial charge in [-0.25, -0.2) is 4.98 Å². The Morgan fingerprint density at radius 3 is 2.90 bits per heavy atom. The summed E-state index contributed by atoms with van der Waals surface area (Å²) in [5.41, 5.74) is 1.76. The minimum Gasteiger partial charge on any atom is -0.463 e. The van der Waals surface area contributed by atoms with Crippen LogP contribution in [0.3, 0.4) is 0 Å². The largest absolute Gasteiger partial charge is 0.463 e. The highest BCUT2D eigenvalue weighted by Gasteiger charge is 2.14. The van der Waals surface area contributed by atoms with Crippen molar-refractivity contribution in [2.24, 2.45) is 0 Å². The number of rotatable bonds is 3. The predicted octanol–water partition coefficient (Wildman–Crippen LogP) is 2.75. The van der Waals surface area contributed by atoms with Gasteiger partial charge < -0.3 is 9.73 Å². The molecule has 1 amide bonds. The van der Waals surface area contributed by atoms with E-state index in [-0.39, 0.29) is 12.5 Å². The normalized spacial score (nSPS) is 10.2. The highest BCUT2D eigenvalue weighted by molar-refractivity contribution is 6.07. The topological polar surface area (TPSA) is 78.9 Å². The van der Waals surface area contributed by atoms with Crippen LogP contribution >= 0.6 is 0 Å². The summed E-state index contributed by atoms with van der Waals surface area (Å²) in [6, 6.07) is 14.5. The molecule has 2 heterocycles. The minimum atomic E-state index is -0.303. The van der Waals surface area contributed by atoms with E-state index in [2.05, 4.69) is 10.3 Å². The summed E-state index contributed by atoms with van der Waals surface area (Å²) in [5.74, 6) is 0.290. The van der Waals surface area contributed by atoms with Gasteiger partial charge >= 0.3 is 0 Å². The molecule has 0 bridgehead atoms. The molecule has 1 N–H and O–H groups in total. The van der Waals surface area contributed by atoms with Crippen LogP contribution in [0.25, 0.3) is 22.4 Å². The third kappa shape index (κ3) is 2.47. The molecule has 5 heteroatoms. The number of nitriles is 1. The Morgan fingerprint density at radius 2 is 2.14 bits per heavy atom. The Bertz CT molecular complexity index is 832. The Labute approximate surface area is 120 Å². The molecule has 21 heavy (non-hydrogen) atoms. The number of pyridine rings is 1. The summed E-state index contributed by atoms with van der Waals surface area (Å²) in [6.07, 6.45) is 1.56. The molecule has 0 fully saturated rings. The van der Waals surface area contributed by atoms with E-state index in [0.29, 0.717) is 22.5 Å². The van der Waals surface area contributed by atoms with Gasteiger partial charge in [-0.15, -0.1) is 0 Å². The van der Waals surface area contributed by atoms with Gasteiger partial charge in [0.2, 0.25) is 0 Å².